The third-order valence-corrected chi connectivity index (χ3v) is 19.3. The normalized spacial score (nSPS) is 22.5. The van der Waals surface area contributed by atoms with Gasteiger partial charge < -0.3 is 84.3 Å². The topological polar surface area (TPSA) is 442 Å². The second-order valence-electron chi connectivity index (χ2n) is 29.7. The maximum atomic E-state index is 15.0. The number of amides is 13. The molecule has 0 aliphatic carbocycles. The largest absolute Gasteiger partial charge is 0.458 e. The number of nitrogens with one attached hydrogen (secondary N) is 12. The number of rotatable bonds is 34. The summed E-state index contributed by atoms with van der Waals surface area (Å²) < 4.78 is 5.96. The third kappa shape index (κ3) is 27.7. The maximum Gasteiger partial charge on any atom is 0.329 e. The minimum atomic E-state index is -1.83. The number of cyclic esters (lactones) is 1. The summed E-state index contributed by atoms with van der Waals surface area (Å²) in [5, 5.41) is 43.2. The van der Waals surface area contributed by atoms with Gasteiger partial charge in [-0.3, -0.25) is 62.3 Å². The summed E-state index contributed by atoms with van der Waals surface area (Å²) in [6.45, 7) is 29.7. The van der Waals surface area contributed by atoms with Gasteiger partial charge in [-0.05, 0) is 106 Å². The van der Waals surface area contributed by atoms with Crippen molar-refractivity contribution in [1.29, 1.82) is 0 Å². The van der Waals surface area contributed by atoms with Gasteiger partial charge in [0.1, 0.15) is 84.3 Å². The Hall–Kier alpha value is -8.54. The molecule has 590 valence electrons. The summed E-state index contributed by atoms with van der Waals surface area (Å²) in [7, 11) is 0. The molecule has 13 amide bonds. The highest BCUT2D eigenvalue weighted by molar-refractivity contribution is 6.03. The minimum Gasteiger partial charge on any atom is -0.458 e. The zero-order chi connectivity index (χ0) is 79.3. The number of esters is 1. The van der Waals surface area contributed by atoms with E-state index in [1.165, 1.54) is 31.7 Å². The lowest BCUT2D eigenvalue weighted by Gasteiger charge is -2.33. The average molecular weight is 1480 g/mol. The number of allylic oxidation sites excluding steroid dienone is 1. The van der Waals surface area contributed by atoms with Crippen molar-refractivity contribution >= 4 is 82.8 Å². The molecule has 2 aliphatic rings. The number of nitrogens with zero attached hydrogens (tertiary/aromatic N) is 1. The quantitative estimate of drug-likeness (QED) is 0.0266. The fourth-order valence-electron chi connectivity index (χ4n) is 12.2. The van der Waals surface area contributed by atoms with Gasteiger partial charge in [-0.2, -0.15) is 0 Å². The van der Waals surface area contributed by atoms with E-state index in [1.54, 1.807) is 127 Å². The number of unbranched alkanes of at least 4 members (excludes halogenated alkanes) is 3. The molecule has 0 unspecified atom stereocenters. The number of aliphatic hydroxyl groups is 1. The van der Waals surface area contributed by atoms with Gasteiger partial charge in [-0.25, -0.2) is 4.79 Å². The smallest absolute Gasteiger partial charge is 0.329 e. The van der Waals surface area contributed by atoms with Crippen molar-refractivity contribution in [3.8, 4) is 0 Å². The lowest BCUT2D eigenvalue weighted by atomic mass is 9.95. The first-order valence-electron chi connectivity index (χ1n) is 37.6. The van der Waals surface area contributed by atoms with E-state index >= 15 is 9.59 Å². The fraction of sp³-hybridized carbons (Fsp3) is 0.707. The van der Waals surface area contributed by atoms with Crippen LogP contribution in [0.2, 0.25) is 0 Å². The molecule has 30 heteroatoms. The van der Waals surface area contributed by atoms with Crippen LogP contribution in [0, 0.1) is 41.4 Å². The van der Waals surface area contributed by atoms with Gasteiger partial charge in [0, 0.05) is 19.4 Å². The molecular weight excluding hydrogens is 1350 g/mol. The van der Waals surface area contributed by atoms with E-state index < -0.39 is 203 Å². The molecule has 16 atom stereocenters. The third-order valence-electron chi connectivity index (χ3n) is 19.3. The molecule has 2 fully saturated rings. The van der Waals surface area contributed by atoms with Crippen LogP contribution in [0.15, 0.2) is 42.1 Å². The number of aliphatic hydroxyl groups excluding tert-OH is 1. The molecule has 30 nitrogen and oxygen atoms in total. The van der Waals surface area contributed by atoms with Crippen LogP contribution in [-0.4, -0.2) is 191 Å². The first-order chi connectivity index (χ1) is 49.4. The van der Waals surface area contributed by atoms with Crippen LogP contribution in [0.4, 0.5) is 0 Å². The van der Waals surface area contributed by atoms with Gasteiger partial charge >= 0.3 is 5.97 Å². The van der Waals surface area contributed by atoms with Crippen molar-refractivity contribution in [1.82, 2.24) is 68.7 Å². The van der Waals surface area contributed by atoms with Crippen LogP contribution in [0.25, 0.3) is 0 Å². The van der Waals surface area contributed by atoms with E-state index in [2.05, 4.69) is 63.8 Å². The van der Waals surface area contributed by atoms with Crippen molar-refractivity contribution in [3.63, 3.8) is 0 Å². The SMILES string of the molecule is C/C=C1\NC(=O)[C@H](Cc2ccccc2)NC(=O)[C@@H](C(C)C)NC(=O)[C@@H]([C@H](C)CC)NC(=O)[C@H](NC(=O)[C@H](NC(=O)[C@H](CCCN)NC(=O)[C@H]2CCCN2C(=O)[C@H](NC(=O)[C@@H](NC(=O)[C@@H](NC(=O)[C@H](NC(=O)CCCCCC)C(C)C)[C@@H](C)O)C(C)C)C(C)C)[C@H](C)CC)[C@H](C)OC(=O)[C@H](C(C)C)NC1=O. The van der Waals surface area contributed by atoms with Crippen molar-refractivity contribution in [2.24, 2.45) is 47.2 Å². The maximum absolute atomic E-state index is 15.0. The predicted octanol–water partition coefficient (Wildman–Crippen LogP) is 1.98. The Morgan fingerprint density at radius 2 is 1.16 bits per heavy atom. The Kier molecular flexibility index (Phi) is 38.4. The predicted molar refractivity (Wildman–Crippen MR) is 395 cm³/mol. The second-order valence-corrected chi connectivity index (χ2v) is 29.7. The minimum absolute atomic E-state index is 0.0352. The number of carbonyl (C=O) groups excluding carboxylic acids is 14. The lowest BCUT2D eigenvalue weighted by molar-refractivity contribution is -0.157. The average Bonchev–Trinajstić information content (AvgIpc) is 1.74. The van der Waals surface area contributed by atoms with Crippen molar-refractivity contribution in [3.05, 3.63) is 47.7 Å². The van der Waals surface area contributed by atoms with Crippen LogP contribution in [0.3, 0.4) is 0 Å². The Morgan fingerprint density at radius 1 is 0.610 bits per heavy atom. The number of hydrogen-bond donors (Lipinski definition) is 14. The van der Waals surface area contributed by atoms with E-state index in [-0.39, 0.29) is 63.2 Å². The van der Waals surface area contributed by atoms with Gasteiger partial charge in [-0.1, -0.05) is 172 Å². The fourth-order valence-corrected chi connectivity index (χ4v) is 12.2. The lowest BCUT2D eigenvalue weighted by Crippen LogP contribution is -2.64. The molecule has 0 spiro atoms. The Bertz CT molecular complexity index is 3140. The standard InChI is InChI=1S/C75H124N14O16/c1-19-23-24-28-35-53(91)80-54(39(5)6)68(97)87-61(46(17)90)72(101)82-56(41(9)10)69(98)83-57(42(11)12)74(103)89-37-30-34-52(89)66(95)78-50(33-29-36-76)64(93)85-59(44(15)20-2)71(100)88-62-47(18)105-75(104)58(43(13)14)84-63(92)49(22-4)77-65(94)51(38-48-31-26-25-27-32-48)79-67(96)55(40(7)8)81-70(99)60(45(16)21-3)86-73(62)102/h22,25-27,31-32,39-47,50-52,54-62,90H,19-21,23-24,28-30,33-38,76H2,1-18H3,(H,77,94)(H,78,95)(H,79,96)(H,80,91)(H,81,99)(H,82,101)(H,83,98)(H,84,92)(H,85,93)(H,86,102)(H,87,97)(H,88,100)/b49-22-/t44-,45-,46-,47+,50+,51+,52-,54-,55-,56+,57-,58+,59-,60-,61+,62-/m1/s1. The van der Waals surface area contributed by atoms with Crippen molar-refractivity contribution in [2.75, 3.05) is 13.1 Å². The molecular formula is C75H124N14O16. The molecule has 0 aromatic heterocycles. The molecule has 2 heterocycles. The van der Waals surface area contributed by atoms with Crippen LogP contribution >= 0.6 is 0 Å². The van der Waals surface area contributed by atoms with Gasteiger partial charge in [0.05, 0.1) is 6.10 Å². The molecule has 2 saturated heterocycles. The first-order valence-corrected chi connectivity index (χ1v) is 37.6. The van der Waals surface area contributed by atoms with Gasteiger partial charge in [0.25, 0.3) is 5.91 Å². The molecule has 0 saturated carbocycles. The number of ether oxygens (including phenoxy) is 1. The summed E-state index contributed by atoms with van der Waals surface area (Å²) in [4.78, 5) is 202. The second kappa shape index (κ2) is 44.4. The number of hydrogen-bond acceptors (Lipinski definition) is 17. The molecule has 105 heavy (non-hydrogen) atoms. The highest BCUT2D eigenvalue weighted by atomic mass is 16.5. The number of likely N-dealkylation sites (tertiary alicyclic amines) is 1. The number of nitrogens with two attached hydrogens (primary N) is 1. The monoisotopic (exact) mass is 1480 g/mol. The van der Waals surface area contributed by atoms with E-state index in [4.69, 9.17) is 10.5 Å². The van der Waals surface area contributed by atoms with Gasteiger partial charge in [0.2, 0.25) is 70.9 Å². The summed E-state index contributed by atoms with van der Waals surface area (Å²) in [5.41, 5.74) is 6.34. The van der Waals surface area contributed by atoms with Gasteiger partial charge in [0.15, 0.2) is 0 Å². The highest BCUT2D eigenvalue weighted by Crippen LogP contribution is 2.23. The van der Waals surface area contributed by atoms with Gasteiger partial charge in [-0.15, -0.1) is 0 Å². The zero-order valence-corrected chi connectivity index (χ0v) is 65.1. The van der Waals surface area contributed by atoms with Crippen LogP contribution in [-0.2, 0) is 78.3 Å². The van der Waals surface area contributed by atoms with Crippen molar-refractivity contribution in [2.45, 2.75) is 286 Å². The van der Waals surface area contributed by atoms with E-state index in [0.29, 0.717) is 24.8 Å². The summed E-state index contributed by atoms with van der Waals surface area (Å²) in [5.74, 6) is -15.5. The number of carbonyl (C=O) groups is 14. The molecule has 1 aromatic carbocycles. The zero-order valence-electron chi connectivity index (χ0n) is 65.1. The first kappa shape index (κ1) is 90.7. The molecule has 2 aliphatic heterocycles. The van der Waals surface area contributed by atoms with Crippen molar-refractivity contribution < 1.29 is 77.0 Å². The summed E-state index contributed by atoms with van der Waals surface area (Å²) in [6.07, 6.45) is 3.04. The summed E-state index contributed by atoms with van der Waals surface area (Å²) >= 11 is 0. The highest BCUT2D eigenvalue weighted by Gasteiger charge is 2.44. The summed E-state index contributed by atoms with van der Waals surface area (Å²) in [6, 6.07) is -7.65. The van der Waals surface area contributed by atoms with E-state index in [0.717, 1.165) is 19.3 Å². The Labute approximate surface area is 620 Å². The molecule has 15 N–H and O–H groups in total. The molecule has 0 radical (unpaired) electrons. The molecule has 3 rings (SSSR count). The van der Waals surface area contributed by atoms with Crippen LogP contribution in [0.1, 0.15) is 201 Å². The number of benzene rings is 1. The van der Waals surface area contributed by atoms with Crippen LogP contribution in [0.5, 0.6) is 0 Å². The van der Waals surface area contributed by atoms with Crippen LogP contribution < -0.4 is 69.5 Å². The molecule has 0 bridgehead atoms. The molecule has 1 aromatic rings. The Balaban J connectivity index is 2.00. The Morgan fingerprint density at radius 3 is 1.70 bits per heavy atom. The van der Waals surface area contributed by atoms with E-state index in [1.807, 2.05) is 6.92 Å². The van der Waals surface area contributed by atoms with E-state index in [9.17, 15) is 62.6 Å².